The predicted molar refractivity (Wildman–Crippen MR) is 82.7 cm³/mol. The Labute approximate surface area is 121 Å². The number of hydrogen-bond donors (Lipinski definition) is 0. The molecule has 2 aromatic heterocycles. The fourth-order valence-electron chi connectivity index (χ4n) is 2.01. The smallest absolute Gasteiger partial charge is 0.144 e. The van der Waals surface area contributed by atoms with E-state index in [0.29, 0.717) is 0 Å². The van der Waals surface area contributed by atoms with E-state index >= 15 is 0 Å². The molecule has 0 spiro atoms. The van der Waals surface area contributed by atoms with Crippen molar-refractivity contribution in [2.45, 2.75) is 44.3 Å². The van der Waals surface area contributed by atoms with Gasteiger partial charge in [-0.15, -0.1) is 0 Å². The lowest BCUT2D eigenvalue weighted by Crippen LogP contribution is -2.19. The van der Waals surface area contributed by atoms with E-state index in [1.54, 1.807) is 6.21 Å². The summed E-state index contributed by atoms with van der Waals surface area (Å²) >= 11 is 0. The Morgan fingerprint density at radius 2 is 2.10 bits per heavy atom. The lowest BCUT2D eigenvalue weighted by atomic mass is 10.2. The van der Waals surface area contributed by atoms with Gasteiger partial charge in [0.25, 0.3) is 0 Å². The molecule has 5 heteroatoms. The van der Waals surface area contributed by atoms with E-state index in [0.717, 1.165) is 17.3 Å². The maximum Gasteiger partial charge on any atom is 0.144 e. The van der Waals surface area contributed by atoms with E-state index < -0.39 is 11.0 Å². The number of imidazole rings is 1. The van der Waals surface area contributed by atoms with Crippen molar-refractivity contribution >= 4 is 22.8 Å². The van der Waals surface area contributed by atoms with Crippen molar-refractivity contribution in [3.8, 4) is 0 Å². The van der Waals surface area contributed by atoms with Crippen molar-refractivity contribution in [3.05, 3.63) is 35.8 Å². The van der Waals surface area contributed by atoms with E-state index in [9.17, 15) is 4.21 Å². The van der Waals surface area contributed by atoms with Gasteiger partial charge in [0.1, 0.15) is 22.3 Å². The summed E-state index contributed by atoms with van der Waals surface area (Å²) in [4.78, 5) is 4.47. The first kappa shape index (κ1) is 13.5. The average molecular weight is 289 g/mol. The van der Waals surface area contributed by atoms with Gasteiger partial charge in [-0.3, -0.25) is 0 Å². The molecule has 106 valence electrons. The fraction of sp³-hybridized carbons (Fsp3) is 0.467. The second-order valence-corrected chi connectivity index (χ2v) is 8.20. The van der Waals surface area contributed by atoms with Gasteiger partial charge in [0, 0.05) is 12.4 Å². The summed E-state index contributed by atoms with van der Waals surface area (Å²) in [5.74, 6) is 0.729. The highest BCUT2D eigenvalue weighted by Crippen LogP contribution is 2.39. The number of fused-ring (bicyclic) bond motifs is 1. The largest absolute Gasteiger partial charge is 0.306 e. The molecule has 0 bridgehead atoms. The van der Waals surface area contributed by atoms with Crippen molar-refractivity contribution < 1.29 is 4.21 Å². The maximum atomic E-state index is 11.9. The zero-order chi connectivity index (χ0) is 14.3. The zero-order valence-electron chi connectivity index (χ0n) is 12.0. The SMILES string of the molecule is CC(C)(C)S(=O)/N=C/c1cn2cc(C3CC3)ccc2n1. The third-order valence-corrected chi connectivity index (χ3v) is 4.69. The van der Waals surface area contributed by atoms with Crippen molar-refractivity contribution in [3.63, 3.8) is 0 Å². The van der Waals surface area contributed by atoms with Crippen LogP contribution in [0.3, 0.4) is 0 Å². The van der Waals surface area contributed by atoms with Gasteiger partial charge in [-0.2, -0.15) is 4.40 Å². The third-order valence-electron chi connectivity index (χ3n) is 3.35. The molecular formula is C15H19N3OS. The Bertz CT molecular complexity index is 693. The third kappa shape index (κ3) is 2.82. The summed E-state index contributed by atoms with van der Waals surface area (Å²) in [6.45, 7) is 5.73. The minimum atomic E-state index is -1.24. The normalized spacial score (nSPS) is 17.9. The molecule has 1 saturated carbocycles. The molecule has 0 N–H and O–H groups in total. The van der Waals surface area contributed by atoms with Crippen LogP contribution in [0.25, 0.3) is 5.65 Å². The van der Waals surface area contributed by atoms with Crippen LogP contribution in [0.2, 0.25) is 0 Å². The highest BCUT2D eigenvalue weighted by atomic mass is 32.2. The maximum absolute atomic E-state index is 11.9. The van der Waals surface area contributed by atoms with Gasteiger partial charge in [0.2, 0.25) is 0 Å². The van der Waals surface area contributed by atoms with Gasteiger partial charge < -0.3 is 4.40 Å². The van der Waals surface area contributed by atoms with Crippen LogP contribution < -0.4 is 0 Å². The molecule has 1 atom stereocenters. The van der Waals surface area contributed by atoms with Gasteiger partial charge in [0.15, 0.2) is 0 Å². The van der Waals surface area contributed by atoms with Crippen molar-refractivity contribution in [2.24, 2.45) is 4.40 Å². The molecule has 0 amide bonds. The van der Waals surface area contributed by atoms with Crippen LogP contribution in [0.1, 0.15) is 50.8 Å². The van der Waals surface area contributed by atoms with Crippen LogP contribution in [0, 0.1) is 0 Å². The first-order valence-corrected chi connectivity index (χ1v) is 7.99. The Kier molecular flexibility index (Phi) is 3.24. The molecule has 2 heterocycles. The van der Waals surface area contributed by atoms with Gasteiger partial charge in [-0.05, 0) is 51.2 Å². The molecule has 0 radical (unpaired) electrons. The zero-order valence-corrected chi connectivity index (χ0v) is 12.9. The van der Waals surface area contributed by atoms with Gasteiger partial charge >= 0.3 is 0 Å². The number of rotatable bonds is 3. The Morgan fingerprint density at radius 1 is 1.35 bits per heavy atom. The van der Waals surface area contributed by atoms with Gasteiger partial charge in [-0.25, -0.2) is 9.19 Å². The molecule has 1 aliphatic rings. The van der Waals surface area contributed by atoms with E-state index in [2.05, 4.69) is 21.6 Å². The average Bonchev–Trinajstić information content (AvgIpc) is 3.14. The standard InChI is InChI=1S/C15H19N3OS/c1-15(2,3)20(19)16-8-13-10-18-9-12(11-4-5-11)6-7-14(18)17-13/h6-11H,4-5H2,1-3H3/b16-8+. The quantitative estimate of drug-likeness (QED) is 0.815. The summed E-state index contributed by atoms with van der Waals surface area (Å²) in [5.41, 5.74) is 3.02. The minimum absolute atomic E-state index is 0.338. The highest BCUT2D eigenvalue weighted by molar-refractivity contribution is 7.85. The van der Waals surface area contributed by atoms with Crippen molar-refractivity contribution in [1.82, 2.24) is 9.38 Å². The fourth-order valence-corrected chi connectivity index (χ4v) is 2.53. The molecule has 1 fully saturated rings. The van der Waals surface area contributed by atoms with Gasteiger partial charge in [-0.1, -0.05) is 6.07 Å². The molecule has 4 nitrogen and oxygen atoms in total. The molecule has 0 saturated heterocycles. The van der Waals surface area contributed by atoms with Crippen LogP contribution in [-0.2, 0) is 11.0 Å². The van der Waals surface area contributed by atoms with Gasteiger partial charge in [0.05, 0.1) is 11.0 Å². The Morgan fingerprint density at radius 3 is 2.75 bits per heavy atom. The first-order valence-electron chi connectivity index (χ1n) is 6.88. The molecular weight excluding hydrogens is 270 g/mol. The van der Waals surface area contributed by atoms with Crippen molar-refractivity contribution in [1.29, 1.82) is 0 Å². The summed E-state index contributed by atoms with van der Waals surface area (Å²) in [7, 11) is -1.24. The van der Waals surface area contributed by atoms with Crippen LogP contribution in [-0.4, -0.2) is 24.6 Å². The second-order valence-electron chi connectivity index (χ2n) is 6.26. The van der Waals surface area contributed by atoms with Crippen molar-refractivity contribution in [2.75, 3.05) is 0 Å². The second kappa shape index (κ2) is 4.81. The minimum Gasteiger partial charge on any atom is -0.306 e. The number of pyridine rings is 1. The lowest BCUT2D eigenvalue weighted by Gasteiger charge is -2.12. The van der Waals surface area contributed by atoms with E-state index in [1.165, 1.54) is 18.4 Å². The first-order chi connectivity index (χ1) is 9.43. The molecule has 20 heavy (non-hydrogen) atoms. The summed E-state index contributed by atoms with van der Waals surface area (Å²) in [6.07, 6.45) is 8.26. The van der Waals surface area contributed by atoms with E-state index in [-0.39, 0.29) is 4.75 Å². The summed E-state index contributed by atoms with van der Waals surface area (Å²) in [6, 6.07) is 4.18. The van der Waals surface area contributed by atoms with E-state index in [1.807, 2.05) is 37.4 Å². The number of nitrogens with zero attached hydrogens (tertiary/aromatic N) is 3. The highest BCUT2D eigenvalue weighted by Gasteiger charge is 2.23. The van der Waals surface area contributed by atoms with Crippen LogP contribution in [0.15, 0.2) is 28.9 Å². The van der Waals surface area contributed by atoms with E-state index in [4.69, 9.17) is 0 Å². The molecule has 3 rings (SSSR count). The van der Waals surface area contributed by atoms with Crippen LogP contribution in [0.4, 0.5) is 0 Å². The van der Waals surface area contributed by atoms with Crippen LogP contribution in [0.5, 0.6) is 0 Å². The summed E-state index contributed by atoms with van der Waals surface area (Å²) < 4.78 is 17.7. The topological polar surface area (TPSA) is 46.7 Å². The molecule has 1 aliphatic carbocycles. The Balaban J connectivity index is 1.85. The predicted octanol–water partition coefficient (Wildman–Crippen LogP) is 3.09. The number of hydrogen-bond acceptors (Lipinski definition) is 2. The Hall–Kier alpha value is -1.49. The molecule has 0 aliphatic heterocycles. The number of aromatic nitrogens is 2. The summed E-state index contributed by atoms with van der Waals surface area (Å²) in [5, 5.41) is 0. The van der Waals surface area contributed by atoms with Crippen LogP contribution >= 0.6 is 0 Å². The molecule has 0 aromatic carbocycles. The lowest BCUT2D eigenvalue weighted by molar-refractivity contribution is 0.651. The molecule has 2 aromatic rings. The monoisotopic (exact) mass is 289 g/mol. The molecule has 1 unspecified atom stereocenters.